The molecule has 1 N–H and O–H groups in total. The van der Waals surface area contributed by atoms with Crippen molar-refractivity contribution in [3.8, 4) is 0 Å². The minimum absolute atomic E-state index is 0.0293. The van der Waals surface area contributed by atoms with Gasteiger partial charge in [-0.25, -0.2) is 4.39 Å². The Hall–Kier alpha value is -1.83. The number of nitrogens with zero attached hydrogens (tertiary/aromatic N) is 2. The second-order valence-corrected chi connectivity index (χ2v) is 6.14. The normalized spacial score (nSPS) is 17.3. The Morgan fingerprint density at radius 3 is 2.73 bits per heavy atom. The summed E-state index contributed by atoms with van der Waals surface area (Å²) in [7, 11) is 0. The first-order chi connectivity index (χ1) is 10.7. The van der Waals surface area contributed by atoms with Gasteiger partial charge in [-0.1, -0.05) is 6.07 Å². The van der Waals surface area contributed by atoms with Crippen molar-refractivity contribution in [1.82, 2.24) is 10.2 Å². The summed E-state index contributed by atoms with van der Waals surface area (Å²) in [6.07, 6.45) is 0. The van der Waals surface area contributed by atoms with Crippen LogP contribution in [0.1, 0.15) is 16.5 Å². The molecular weight excluding hydrogens is 305 g/mol. The second kappa shape index (κ2) is 6.51. The molecule has 0 amide bonds. The molecule has 0 spiro atoms. The average molecular weight is 321 g/mol. The van der Waals surface area contributed by atoms with Crippen LogP contribution in [0.15, 0.2) is 35.7 Å². The Bertz CT molecular complexity index is 657. The number of nitrogens with one attached hydrogen (secondary N) is 1. The van der Waals surface area contributed by atoms with Crippen LogP contribution in [-0.2, 0) is 0 Å². The molecule has 0 aliphatic carbocycles. The van der Waals surface area contributed by atoms with Gasteiger partial charge in [0, 0.05) is 37.1 Å². The molecule has 116 valence electrons. The molecule has 1 saturated heterocycles. The molecule has 1 aliphatic rings. The number of piperazine rings is 1. The van der Waals surface area contributed by atoms with Crippen molar-refractivity contribution < 1.29 is 9.31 Å². The number of rotatable bonds is 4. The molecule has 3 rings (SSSR count). The number of nitro groups is 1. The minimum atomic E-state index is -0.447. The van der Waals surface area contributed by atoms with Gasteiger partial charge in [-0.3, -0.25) is 15.0 Å². The smallest absolute Gasteiger partial charge is 0.274 e. The van der Waals surface area contributed by atoms with Gasteiger partial charge in [-0.05, 0) is 23.6 Å². The van der Waals surface area contributed by atoms with E-state index in [0.29, 0.717) is 5.56 Å². The molecule has 1 atom stereocenters. The van der Waals surface area contributed by atoms with Gasteiger partial charge in [0.1, 0.15) is 5.82 Å². The van der Waals surface area contributed by atoms with E-state index < -0.39 is 10.7 Å². The van der Waals surface area contributed by atoms with Crippen LogP contribution in [0, 0.1) is 15.9 Å². The summed E-state index contributed by atoms with van der Waals surface area (Å²) in [6.45, 7) is 3.20. The predicted molar refractivity (Wildman–Crippen MR) is 83.7 cm³/mol. The van der Waals surface area contributed by atoms with Crippen LogP contribution < -0.4 is 5.32 Å². The number of halogens is 1. The summed E-state index contributed by atoms with van der Waals surface area (Å²) in [4.78, 5) is 14.1. The number of benzene rings is 1. The molecule has 0 radical (unpaired) electrons. The summed E-state index contributed by atoms with van der Waals surface area (Å²) in [6, 6.07) is 7.29. The fourth-order valence-corrected chi connectivity index (χ4v) is 3.70. The quantitative estimate of drug-likeness (QED) is 0.695. The molecular formula is C15H16FN3O2S. The van der Waals surface area contributed by atoms with Gasteiger partial charge in [-0.2, -0.15) is 0 Å². The largest absolute Gasteiger partial charge is 0.314 e. The lowest BCUT2D eigenvalue weighted by Crippen LogP contribution is -2.45. The van der Waals surface area contributed by atoms with E-state index in [4.69, 9.17) is 0 Å². The van der Waals surface area contributed by atoms with Crippen molar-refractivity contribution in [3.05, 3.63) is 62.1 Å². The zero-order valence-electron chi connectivity index (χ0n) is 11.9. The second-order valence-electron chi connectivity index (χ2n) is 5.16. The molecule has 1 aliphatic heterocycles. The Kier molecular flexibility index (Phi) is 4.47. The highest BCUT2D eigenvalue weighted by Crippen LogP contribution is 2.37. The molecule has 0 bridgehead atoms. The zero-order valence-corrected chi connectivity index (χ0v) is 12.7. The number of nitro benzene ring substituents is 1. The van der Waals surface area contributed by atoms with Gasteiger partial charge in [-0.15, -0.1) is 11.3 Å². The third-order valence-electron chi connectivity index (χ3n) is 3.81. The Balaban J connectivity index is 2.09. The van der Waals surface area contributed by atoms with E-state index in [9.17, 15) is 14.5 Å². The molecule has 5 nitrogen and oxygen atoms in total. The van der Waals surface area contributed by atoms with Crippen molar-refractivity contribution in [1.29, 1.82) is 0 Å². The highest BCUT2D eigenvalue weighted by molar-refractivity contribution is 7.10. The van der Waals surface area contributed by atoms with Crippen molar-refractivity contribution in [2.45, 2.75) is 6.04 Å². The summed E-state index contributed by atoms with van der Waals surface area (Å²) >= 11 is 1.54. The molecule has 0 unspecified atom stereocenters. The van der Waals surface area contributed by atoms with E-state index in [1.54, 1.807) is 0 Å². The van der Waals surface area contributed by atoms with Crippen LogP contribution in [0.3, 0.4) is 0 Å². The maximum atomic E-state index is 13.7. The van der Waals surface area contributed by atoms with Crippen LogP contribution in [-0.4, -0.2) is 36.0 Å². The molecule has 1 fully saturated rings. The minimum Gasteiger partial charge on any atom is -0.314 e. The standard InChI is InChI=1S/C15H16FN3O2S/c16-11-3-4-13(19(20)21)12(10-11)15(14-2-1-9-22-14)18-7-5-17-6-8-18/h1-4,9-10,15,17H,5-8H2/t15-/m0/s1. The predicted octanol–water partition coefficient (Wildman–Crippen LogP) is 2.79. The van der Waals surface area contributed by atoms with Crippen molar-refractivity contribution >= 4 is 17.0 Å². The summed E-state index contributed by atoms with van der Waals surface area (Å²) in [5, 5.41) is 16.6. The van der Waals surface area contributed by atoms with Crippen LogP contribution in [0.2, 0.25) is 0 Å². The third-order valence-corrected chi connectivity index (χ3v) is 4.74. The van der Waals surface area contributed by atoms with Crippen LogP contribution >= 0.6 is 11.3 Å². The van der Waals surface area contributed by atoms with Crippen molar-refractivity contribution in [2.24, 2.45) is 0 Å². The first kappa shape index (κ1) is 15.1. The monoisotopic (exact) mass is 321 g/mol. The molecule has 1 aromatic heterocycles. The summed E-state index contributed by atoms with van der Waals surface area (Å²) in [5.74, 6) is -0.447. The first-order valence-electron chi connectivity index (χ1n) is 7.09. The Morgan fingerprint density at radius 1 is 1.32 bits per heavy atom. The van der Waals surface area contributed by atoms with Crippen LogP contribution in [0.4, 0.5) is 10.1 Å². The molecule has 0 saturated carbocycles. The Labute approximate surface area is 131 Å². The summed E-state index contributed by atoms with van der Waals surface area (Å²) in [5.41, 5.74) is 0.396. The van der Waals surface area contributed by atoms with Crippen molar-refractivity contribution in [3.63, 3.8) is 0 Å². The molecule has 22 heavy (non-hydrogen) atoms. The van der Waals surface area contributed by atoms with Gasteiger partial charge in [0.25, 0.3) is 5.69 Å². The third kappa shape index (κ3) is 3.01. The summed E-state index contributed by atoms with van der Waals surface area (Å²) < 4.78 is 13.7. The lowest BCUT2D eigenvalue weighted by Gasteiger charge is -2.34. The van der Waals surface area contributed by atoms with Crippen LogP contribution in [0.25, 0.3) is 0 Å². The lowest BCUT2D eigenvalue weighted by molar-refractivity contribution is -0.385. The maximum Gasteiger partial charge on any atom is 0.274 e. The highest BCUT2D eigenvalue weighted by atomic mass is 32.1. The number of hydrogen-bond donors (Lipinski definition) is 1. The Morgan fingerprint density at radius 2 is 2.09 bits per heavy atom. The zero-order chi connectivity index (χ0) is 15.5. The van der Waals surface area contributed by atoms with E-state index >= 15 is 0 Å². The SMILES string of the molecule is O=[N+]([O-])c1ccc(F)cc1[C@@H](c1cccs1)N1CCNCC1. The van der Waals surface area contributed by atoms with E-state index in [-0.39, 0.29) is 11.7 Å². The fourth-order valence-electron chi connectivity index (χ4n) is 2.83. The molecule has 2 heterocycles. The highest BCUT2D eigenvalue weighted by Gasteiger charge is 2.30. The van der Waals surface area contributed by atoms with E-state index in [0.717, 1.165) is 37.1 Å². The lowest BCUT2D eigenvalue weighted by atomic mass is 10.0. The van der Waals surface area contributed by atoms with Crippen molar-refractivity contribution in [2.75, 3.05) is 26.2 Å². The average Bonchev–Trinajstić information content (AvgIpc) is 3.02. The fraction of sp³-hybridized carbons (Fsp3) is 0.333. The molecule has 1 aromatic carbocycles. The van der Waals surface area contributed by atoms with Gasteiger partial charge in [0.2, 0.25) is 0 Å². The number of hydrogen-bond acceptors (Lipinski definition) is 5. The van der Waals surface area contributed by atoms with Gasteiger partial charge >= 0.3 is 0 Å². The van der Waals surface area contributed by atoms with Crippen LogP contribution in [0.5, 0.6) is 0 Å². The van der Waals surface area contributed by atoms with Gasteiger partial charge in [0.15, 0.2) is 0 Å². The van der Waals surface area contributed by atoms with E-state index in [1.165, 1.54) is 23.5 Å². The van der Waals surface area contributed by atoms with Gasteiger partial charge < -0.3 is 5.32 Å². The maximum absolute atomic E-state index is 13.7. The number of thiophene rings is 1. The topological polar surface area (TPSA) is 58.4 Å². The van der Waals surface area contributed by atoms with E-state index in [2.05, 4.69) is 10.2 Å². The van der Waals surface area contributed by atoms with E-state index in [1.807, 2.05) is 17.5 Å². The first-order valence-corrected chi connectivity index (χ1v) is 7.97. The van der Waals surface area contributed by atoms with Gasteiger partial charge in [0.05, 0.1) is 16.5 Å². The molecule has 2 aromatic rings. The molecule has 7 heteroatoms.